The second-order valence-electron chi connectivity index (χ2n) is 4.72. The Morgan fingerprint density at radius 3 is 2.43 bits per heavy atom. The van der Waals surface area contributed by atoms with E-state index >= 15 is 0 Å². The highest BCUT2D eigenvalue weighted by Gasteiger charge is 2.35. The lowest BCUT2D eigenvalue weighted by Crippen LogP contribution is -2.38. The highest BCUT2D eigenvalue weighted by atomic mass is 19.4. The summed E-state index contributed by atoms with van der Waals surface area (Å²) in [7, 11) is 0. The Labute approximate surface area is 122 Å². The molecule has 0 bridgehead atoms. The van der Waals surface area contributed by atoms with Crippen molar-refractivity contribution < 1.29 is 18.0 Å². The van der Waals surface area contributed by atoms with E-state index < -0.39 is 23.3 Å². The average molecular weight is 303 g/mol. The maximum atomic E-state index is 13.0. The zero-order valence-corrected chi connectivity index (χ0v) is 12.3. The third-order valence-electron chi connectivity index (χ3n) is 3.47. The average Bonchev–Trinajstić information content (AvgIpc) is 2.45. The van der Waals surface area contributed by atoms with Crippen LogP contribution in [-0.2, 0) is 6.18 Å². The lowest BCUT2D eigenvalue weighted by Gasteiger charge is -2.28. The molecule has 0 spiro atoms. The van der Waals surface area contributed by atoms with Gasteiger partial charge in [0.05, 0.1) is 16.8 Å². The maximum Gasteiger partial charge on any atom is 0.418 e. The van der Waals surface area contributed by atoms with Gasteiger partial charge in [-0.05, 0) is 32.4 Å². The molecule has 0 saturated heterocycles. The van der Waals surface area contributed by atoms with Crippen LogP contribution in [0.1, 0.15) is 43.1 Å². The van der Waals surface area contributed by atoms with Gasteiger partial charge < -0.3 is 10.3 Å². The van der Waals surface area contributed by atoms with E-state index in [-0.39, 0.29) is 11.6 Å². The standard InChI is InChI=1S/C14H20F3N3O/c1-4-9(3)20(5-2)13(21)10-7-6-8-11(12(10)19-18)14(15,16)17/h6-9,19H,4-5,18H2,1-3H3. The molecular formula is C14H20F3N3O. The highest BCUT2D eigenvalue weighted by molar-refractivity contribution is 6.00. The molecule has 0 heterocycles. The van der Waals surface area contributed by atoms with Crippen molar-refractivity contribution in [3.8, 4) is 0 Å². The number of nitrogen functional groups attached to an aromatic ring is 1. The minimum atomic E-state index is -4.58. The molecule has 1 unspecified atom stereocenters. The summed E-state index contributed by atoms with van der Waals surface area (Å²) in [6.45, 7) is 5.96. The Balaban J connectivity index is 3.33. The number of hydrogen-bond donors (Lipinski definition) is 2. The van der Waals surface area contributed by atoms with Crippen molar-refractivity contribution in [2.24, 2.45) is 5.84 Å². The Hall–Kier alpha value is -1.76. The normalized spacial score (nSPS) is 12.9. The van der Waals surface area contributed by atoms with Gasteiger partial charge in [0.15, 0.2) is 0 Å². The van der Waals surface area contributed by atoms with E-state index in [4.69, 9.17) is 5.84 Å². The summed E-state index contributed by atoms with van der Waals surface area (Å²) in [5.74, 6) is 4.75. The van der Waals surface area contributed by atoms with E-state index in [1.807, 2.05) is 19.3 Å². The van der Waals surface area contributed by atoms with E-state index in [2.05, 4.69) is 0 Å². The summed E-state index contributed by atoms with van der Waals surface area (Å²) in [5, 5.41) is 0. The van der Waals surface area contributed by atoms with Crippen LogP contribution in [0.4, 0.5) is 18.9 Å². The van der Waals surface area contributed by atoms with Crippen LogP contribution in [0.15, 0.2) is 18.2 Å². The number of carbonyl (C=O) groups excluding carboxylic acids is 1. The Kier molecular flexibility index (Phi) is 5.60. The molecule has 0 aromatic heterocycles. The van der Waals surface area contributed by atoms with Gasteiger partial charge in [0.25, 0.3) is 5.91 Å². The Morgan fingerprint density at radius 1 is 1.38 bits per heavy atom. The van der Waals surface area contributed by atoms with Crippen molar-refractivity contribution >= 4 is 11.6 Å². The van der Waals surface area contributed by atoms with Gasteiger partial charge in [-0.25, -0.2) is 0 Å². The molecule has 3 N–H and O–H groups in total. The number of alkyl halides is 3. The molecule has 0 aliphatic rings. The van der Waals surface area contributed by atoms with Crippen LogP contribution in [-0.4, -0.2) is 23.4 Å². The number of benzene rings is 1. The minimum absolute atomic E-state index is 0.0670. The van der Waals surface area contributed by atoms with E-state index in [1.54, 1.807) is 6.92 Å². The fraction of sp³-hybridized carbons (Fsp3) is 0.500. The molecule has 1 rings (SSSR count). The van der Waals surface area contributed by atoms with Crippen LogP contribution in [0.2, 0.25) is 0 Å². The van der Waals surface area contributed by atoms with E-state index in [0.717, 1.165) is 6.07 Å². The number of nitrogens with one attached hydrogen (secondary N) is 1. The number of rotatable bonds is 5. The summed E-state index contributed by atoms with van der Waals surface area (Å²) in [4.78, 5) is 14.0. The Bertz CT molecular complexity index is 503. The monoisotopic (exact) mass is 303 g/mol. The number of halogens is 3. The fourth-order valence-corrected chi connectivity index (χ4v) is 2.15. The highest BCUT2D eigenvalue weighted by Crippen LogP contribution is 2.36. The molecule has 118 valence electrons. The van der Waals surface area contributed by atoms with Crippen molar-refractivity contribution in [2.75, 3.05) is 12.0 Å². The first-order valence-electron chi connectivity index (χ1n) is 6.75. The molecule has 0 saturated carbocycles. The lowest BCUT2D eigenvalue weighted by molar-refractivity contribution is -0.137. The van der Waals surface area contributed by atoms with Crippen molar-refractivity contribution in [3.05, 3.63) is 29.3 Å². The van der Waals surface area contributed by atoms with Crippen molar-refractivity contribution in [1.29, 1.82) is 0 Å². The van der Waals surface area contributed by atoms with Crippen LogP contribution in [0.3, 0.4) is 0 Å². The summed E-state index contributed by atoms with van der Waals surface area (Å²) >= 11 is 0. The predicted octanol–water partition coefficient (Wildman–Crippen LogP) is 3.25. The molecule has 1 amide bonds. The first-order valence-corrected chi connectivity index (χ1v) is 6.75. The lowest BCUT2D eigenvalue weighted by atomic mass is 10.0. The predicted molar refractivity (Wildman–Crippen MR) is 75.7 cm³/mol. The largest absolute Gasteiger partial charge is 0.418 e. The summed E-state index contributed by atoms with van der Waals surface area (Å²) in [6, 6.07) is 3.38. The molecule has 0 fully saturated rings. The number of anilines is 1. The summed E-state index contributed by atoms with van der Waals surface area (Å²) in [6.07, 6.45) is -3.87. The number of nitrogens with two attached hydrogens (primary N) is 1. The van der Waals surface area contributed by atoms with Gasteiger partial charge in [-0.2, -0.15) is 13.2 Å². The number of para-hydroxylation sites is 1. The number of carbonyl (C=O) groups is 1. The molecule has 1 atom stereocenters. The quantitative estimate of drug-likeness (QED) is 0.648. The number of amides is 1. The van der Waals surface area contributed by atoms with E-state index in [1.165, 1.54) is 17.0 Å². The van der Waals surface area contributed by atoms with Crippen LogP contribution >= 0.6 is 0 Å². The molecule has 7 heteroatoms. The number of nitrogens with zero attached hydrogens (tertiary/aromatic N) is 1. The second kappa shape index (κ2) is 6.80. The van der Waals surface area contributed by atoms with Gasteiger partial charge in [-0.15, -0.1) is 0 Å². The van der Waals surface area contributed by atoms with Crippen molar-refractivity contribution in [1.82, 2.24) is 4.90 Å². The molecule has 21 heavy (non-hydrogen) atoms. The molecule has 0 aliphatic heterocycles. The maximum absolute atomic E-state index is 13.0. The van der Waals surface area contributed by atoms with Crippen LogP contribution in [0, 0.1) is 0 Å². The first-order chi connectivity index (χ1) is 9.77. The SMILES string of the molecule is CCC(C)N(CC)C(=O)c1cccc(C(F)(F)F)c1NN. The number of hydrogen-bond acceptors (Lipinski definition) is 3. The zero-order valence-electron chi connectivity index (χ0n) is 12.3. The molecule has 1 aromatic rings. The third kappa shape index (κ3) is 3.66. The summed E-state index contributed by atoms with van der Waals surface area (Å²) < 4.78 is 38.9. The number of hydrazine groups is 1. The molecule has 0 radical (unpaired) electrons. The minimum Gasteiger partial charge on any atom is -0.336 e. The smallest absolute Gasteiger partial charge is 0.336 e. The van der Waals surface area contributed by atoms with Crippen LogP contribution in [0.25, 0.3) is 0 Å². The van der Waals surface area contributed by atoms with Gasteiger partial charge in [0, 0.05) is 12.6 Å². The van der Waals surface area contributed by atoms with Crippen LogP contribution in [0.5, 0.6) is 0 Å². The zero-order chi connectivity index (χ0) is 16.2. The van der Waals surface area contributed by atoms with Crippen molar-refractivity contribution in [2.45, 2.75) is 39.4 Å². The van der Waals surface area contributed by atoms with Crippen LogP contribution < -0.4 is 11.3 Å². The topological polar surface area (TPSA) is 58.4 Å². The molecule has 1 aromatic carbocycles. The molecule has 0 aliphatic carbocycles. The van der Waals surface area contributed by atoms with Crippen molar-refractivity contribution in [3.63, 3.8) is 0 Å². The second-order valence-corrected chi connectivity index (χ2v) is 4.72. The fourth-order valence-electron chi connectivity index (χ4n) is 2.15. The van der Waals surface area contributed by atoms with E-state index in [0.29, 0.717) is 13.0 Å². The van der Waals surface area contributed by atoms with Gasteiger partial charge >= 0.3 is 6.18 Å². The van der Waals surface area contributed by atoms with E-state index in [9.17, 15) is 18.0 Å². The molecular weight excluding hydrogens is 283 g/mol. The van der Waals surface area contributed by atoms with Gasteiger partial charge in [0.2, 0.25) is 0 Å². The van der Waals surface area contributed by atoms with Gasteiger partial charge in [-0.3, -0.25) is 10.6 Å². The van der Waals surface area contributed by atoms with Gasteiger partial charge in [-0.1, -0.05) is 13.0 Å². The Morgan fingerprint density at radius 2 is 2.00 bits per heavy atom. The first kappa shape index (κ1) is 17.3. The summed E-state index contributed by atoms with van der Waals surface area (Å²) in [5.41, 5.74) is 0.605. The third-order valence-corrected chi connectivity index (χ3v) is 3.47. The van der Waals surface area contributed by atoms with Gasteiger partial charge in [0.1, 0.15) is 0 Å². The molecule has 4 nitrogen and oxygen atoms in total.